The first-order chi connectivity index (χ1) is 32.3. The number of carbonyl (C=O) groups is 2. The van der Waals surface area contributed by atoms with E-state index in [2.05, 4.69) is 26.8 Å². The fourth-order valence-electron chi connectivity index (χ4n) is 14.9. The molecule has 0 amide bonds. The maximum Gasteiger partial charge on any atom is 0.315 e. The summed E-state index contributed by atoms with van der Waals surface area (Å²) in [5, 5.41) is 137. The monoisotopic (exact) mass is 988 g/mol. The molecule has 3 saturated heterocycles. The van der Waals surface area contributed by atoms with Crippen LogP contribution < -0.4 is 0 Å². The van der Waals surface area contributed by atoms with Crippen LogP contribution in [0.1, 0.15) is 98.8 Å². The quantitative estimate of drug-likeness (QED) is 0.0616. The molecule has 4 saturated carbocycles. The highest BCUT2D eigenvalue weighted by molar-refractivity contribution is 5.79. The first-order valence-electron chi connectivity index (χ1n) is 24.7. The van der Waals surface area contributed by atoms with Gasteiger partial charge in [-0.2, -0.15) is 0 Å². The van der Waals surface area contributed by atoms with Crippen molar-refractivity contribution < 1.29 is 104 Å². The van der Waals surface area contributed by atoms with E-state index in [4.69, 9.17) is 28.4 Å². The van der Waals surface area contributed by atoms with Crippen molar-refractivity contribution in [1.29, 1.82) is 0 Å². The van der Waals surface area contributed by atoms with E-state index in [1.165, 1.54) is 0 Å². The van der Waals surface area contributed by atoms with Gasteiger partial charge in [0.2, 0.25) is 6.29 Å². The molecule has 13 N–H and O–H groups in total. The predicted octanol–water partition coefficient (Wildman–Crippen LogP) is -1.82. The average Bonchev–Trinajstić information content (AvgIpc) is 3.32. The van der Waals surface area contributed by atoms with Crippen LogP contribution in [-0.2, 0) is 38.0 Å². The van der Waals surface area contributed by atoms with Gasteiger partial charge in [-0.1, -0.05) is 39.3 Å². The number of hydrogen-bond donors (Lipinski definition) is 13. The Kier molecular flexibility index (Phi) is 14.7. The number of aliphatic hydroxyl groups excluding tert-OH is 12. The van der Waals surface area contributed by atoms with E-state index in [1.54, 1.807) is 6.92 Å². The highest BCUT2D eigenvalue weighted by atomic mass is 16.7. The van der Waals surface area contributed by atoms with Gasteiger partial charge in [0.15, 0.2) is 12.6 Å². The Morgan fingerprint density at radius 2 is 1.19 bits per heavy atom. The van der Waals surface area contributed by atoms with E-state index in [1.807, 2.05) is 6.92 Å². The van der Waals surface area contributed by atoms with Gasteiger partial charge in [-0.05, 0) is 111 Å². The summed E-state index contributed by atoms with van der Waals surface area (Å²) < 4.78 is 34.9. The van der Waals surface area contributed by atoms with Gasteiger partial charge in [-0.3, -0.25) is 9.59 Å². The molecule has 3 aliphatic heterocycles. The van der Waals surface area contributed by atoms with Gasteiger partial charge >= 0.3 is 11.9 Å². The standard InChI is InChI=1S/C48H76O21/c1-43(20-51)12-14-48(42(63)69-40-37(60)34(57)31(54)25(67-40)19-64-38-35(58)32(55)29(52)23(17-49)65-38)15-13-45(3)21(22(48)16-43)6-7-26-44(2)10-9-28(47(5,41(61)62)27(44)8-11-46(26,45)4)68-39-36(59)33(56)30(53)24(18-50)66-39/h6,22-40,49-60H,7-20H2,1-5H3,(H,61,62)/t22-,23+,24+,25+,26+,27+,28-,29+,30+,31+,32-,33-,34-,35+,36+,37+,38+,39-,40-,43+,44+,45+,46+,47-,48-/m0/s1. The topological polar surface area (TPSA) is 353 Å². The number of fused-ring (bicyclic) bond motifs is 7. The lowest BCUT2D eigenvalue weighted by Gasteiger charge is -2.71. The number of carboxylic acid groups (broad SMARTS) is 1. The van der Waals surface area contributed by atoms with E-state index >= 15 is 0 Å². The van der Waals surface area contributed by atoms with Gasteiger partial charge in [0.05, 0.1) is 36.8 Å². The molecule has 8 aliphatic rings. The lowest BCUT2D eigenvalue weighted by molar-refractivity contribution is -0.329. The van der Waals surface area contributed by atoms with Crippen molar-refractivity contribution >= 4 is 11.9 Å². The third-order valence-corrected chi connectivity index (χ3v) is 19.7. The Morgan fingerprint density at radius 1 is 0.638 bits per heavy atom. The van der Waals surface area contributed by atoms with E-state index in [0.717, 1.165) is 5.57 Å². The second kappa shape index (κ2) is 19.0. The van der Waals surface area contributed by atoms with Crippen LogP contribution in [0.3, 0.4) is 0 Å². The summed E-state index contributed by atoms with van der Waals surface area (Å²) in [7, 11) is 0. The van der Waals surface area contributed by atoms with Crippen molar-refractivity contribution in [1.82, 2.24) is 0 Å². The molecule has 69 heavy (non-hydrogen) atoms. The fraction of sp³-hybridized carbons (Fsp3) is 0.917. The Labute approximate surface area is 400 Å². The van der Waals surface area contributed by atoms with Crippen molar-refractivity contribution in [2.45, 2.75) is 197 Å². The Hall–Kier alpha value is -2.00. The van der Waals surface area contributed by atoms with Crippen LogP contribution in [0, 0.1) is 50.2 Å². The number of ether oxygens (including phenoxy) is 6. The van der Waals surface area contributed by atoms with Crippen LogP contribution in [0.4, 0.5) is 0 Å². The summed E-state index contributed by atoms with van der Waals surface area (Å²) in [5.74, 6) is -2.64. The van der Waals surface area contributed by atoms with Gasteiger partial charge in [0, 0.05) is 6.61 Å². The zero-order valence-corrected chi connectivity index (χ0v) is 40.0. The number of aliphatic hydroxyl groups is 12. The summed E-state index contributed by atoms with van der Waals surface area (Å²) in [5.41, 5.74) is -3.60. The molecular formula is C48H76O21. The van der Waals surface area contributed by atoms with Crippen LogP contribution in [-0.4, -0.2) is 203 Å². The largest absolute Gasteiger partial charge is 0.481 e. The van der Waals surface area contributed by atoms with E-state index in [-0.39, 0.29) is 18.9 Å². The number of allylic oxidation sites excluding steroid dienone is 2. The maximum atomic E-state index is 15.0. The molecule has 7 fully saturated rings. The first-order valence-corrected chi connectivity index (χ1v) is 24.7. The van der Waals surface area contributed by atoms with Gasteiger partial charge in [-0.15, -0.1) is 0 Å². The molecule has 21 nitrogen and oxygen atoms in total. The van der Waals surface area contributed by atoms with Gasteiger partial charge < -0.3 is 94.8 Å². The highest BCUT2D eigenvalue weighted by Gasteiger charge is 2.72. The number of carboxylic acids is 1. The third kappa shape index (κ3) is 8.25. The smallest absolute Gasteiger partial charge is 0.315 e. The second-order valence-electron chi connectivity index (χ2n) is 23.1. The predicted molar refractivity (Wildman–Crippen MR) is 234 cm³/mol. The molecule has 5 aliphatic carbocycles. The van der Waals surface area contributed by atoms with Crippen molar-refractivity contribution in [3.05, 3.63) is 11.6 Å². The minimum absolute atomic E-state index is 0.0301. The molecule has 394 valence electrons. The zero-order chi connectivity index (χ0) is 50.6. The molecule has 0 bridgehead atoms. The highest BCUT2D eigenvalue weighted by Crippen LogP contribution is 2.76. The molecular weight excluding hydrogens is 913 g/mol. The average molecular weight is 989 g/mol. The van der Waals surface area contributed by atoms with Crippen molar-refractivity contribution in [3.8, 4) is 0 Å². The van der Waals surface area contributed by atoms with E-state index in [9.17, 15) is 76.0 Å². The summed E-state index contributed by atoms with van der Waals surface area (Å²) in [6, 6.07) is 0. The van der Waals surface area contributed by atoms with Gasteiger partial charge in [0.25, 0.3) is 0 Å². The number of aliphatic carboxylic acids is 1. The zero-order valence-electron chi connectivity index (χ0n) is 40.0. The molecule has 0 aromatic carbocycles. The number of esters is 1. The maximum absolute atomic E-state index is 15.0. The van der Waals surface area contributed by atoms with E-state index in [0.29, 0.717) is 57.8 Å². The summed E-state index contributed by atoms with van der Waals surface area (Å²) in [6.07, 6.45) is -18.6. The molecule has 0 radical (unpaired) electrons. The molecule has 25 atom stereocenters. The molecule has 0 spiro atoms. The molecule has 0 aromatic rings. The Morgan fingerprint density at radius 3 is 1.78 bits per heavy atom. The van der Waals surface area contributed by atoms with Crippen LogP contribution in [0.25, 0.3) is 0 Å². The van der Waals surface area contributed by atoms with Crippen molar-refractivity contribution in [2.24, 2.45) is 50.2 Å². The van der Waals surface area contributed by atoms with Crippen LogP contribution in [0.2, 0.25) is 0 Å². The van der Waals surface area contributed by atoms with Crippen molar-refractivity contribution in [2.75, 3.05) is 26.4 Å². The lowest BCUT2D eigenvalue weighted by Crippen LogP contribution is -2.68. The second-order valence-corrected chi connectivity index (χ2v) is 23.1. The number of rotatable bonds is 11. The minimum Gasteiger partial charge on any atom is -0.481 e. The normalized spacial score (nSPS) is 54.2. The lowest BCUT2D eigenvalue weighted by atomic mass is 9.33. The summed E-state index contributed by atoms with van der Waals surface area (Å²) >= 11 is 0. The van der Waals surface area contributed by atoms with Gasteiger partial charge in [-0.25, -0.2) is 0 Å². The summed E-state index contributed by atoms with van der Waals surface area (Å²) in [6.45, 7) is 8.19. The number of carbonyl (C=O) groups excluding carboxylic acids is 1. The third-order valence-electron chi connectivity index (χ3n) is 19.7. The first kappa shape index (κ1) is 53.3. The molecule has 3 heterocycles. The van der Waals surface area contributed by atoms with Crippen LogP contribution in [0.15, 0.2) is 11.6 Å². The Balaban J connectivity index is 1.04. The summed E-state index contributed by atoms with van der Waals surface area (Å²) in [4.78, 5) is 28.6. The van der Waals surface area contributed by atoms with Crippen LogP contribution >= 0.6 is 0 Å². The SMILES string of the molecule is C[C@@]1(CO)CC[C@]2(C(=O)O[C@@H]3O[C@H](CO[C@@H]4O[C@H](CO)[C@@H](O)[C@H](O)[C@H]4O)[C@@H](O)[C@H](O)[C@H]3O)CC[C@]3(C)C(=CC[C@@H]4[C@@]5(C)CC[C@H](O[C@@H]6O[C@H](CO)[C@@H](O)[C@H](O)[C@H]6O)[C@@](C)(C(=O)O)[C@@H]5CC[C@]43C)[C@@H]2C1. The van der Waals surface area contributed by atoms with Crippen LogP contribution in [0.5, 0.6) is 0 Å². The van der Waals surface area contributed by atoms with Gasteiger partial charge in [0.1, 0.15) is 73.2 Å². The molecule has 21 heteroatoms. The molecule has 0 aromatic heterocycles. The number of hydrogen-bond acceptors (Lipinski definition) is 20. The minimum atomic E-state index is -1.89. The fourth-order valence-corrected chi connectivity index (χ4v) is 14.9. The molecule has 8 rings (SSSR count). The van der Waals surface area contributed by atoms with Crippen molar-refractivity contribution in [3.63, 3.8) is 0 Å². The molecule has 0 unspecified atom stereocenters. The Bertz CT molecular complexity index is 1920. The van der Waals surface area contributed by atoms with E-state index < -0.39 is 174 Å².